The summed E-state index contributed by atoms with van der Waals surface area (Å²) in [6, 6.07) is 0. The van der Waals surface area contributed by atoms with E-state index in [4.69, 9.17) is 5.11 Å². The first kappa shape index (κ1) is 10.4. The van der Waals surface area contributed by atoms with E-state index in [1.807, 2.05) is 12.2 Å². The topological polar surface area (TPSA) is 66.0 Å². The molecular weight excluding hydrogens is 204 g/mol. The molecule has 1 aliphatic rings. The second kappa shape index (κ2) is 4.61. The molecule has 0 radical (unpaired) electrons. The molecule has 0 aliphatic heterocycles. The summed E-state index contributed by atoms with van der Waals surface area (Å²) in [5.41, 5.74) is 1.78. The average molecular weight is 216 g/mol. The lowest BCUT2D eigenvalue weighted by atomic mass is 9.95. The number of hydrogen-bond acceptors (Lipinski definition) is 2. The first-order chi connectivity index (χ1) is 7.77. The minimum atomic E-state index is -0.953. The molecule has 1 aromatic rings. The van der Waals surface area contributed by atoms with E-state index in [2.05, 4.69) is 22.3 Å². The number of nitrogens with zero attached hydrogens (tertiary/aromatic N) is 1. The van der Waals surface area contributed by atoms with Crippen LogP contribution in [-0.4, -0.2) is 21.3 Å². The van der Waals surface area contributed by atoms with E-state index in [0.717, 1.165) is 23.8 Å². The van der Waals surface area contributed by atoms with Crippen molar-refractivity contribution in [3.8, 4) is 0 Å². The molecule has 0 saturated carbocycles. The fraction of sp³-hybridized carbons (Fsp3) is 0.167. The fourth-order valence-electron chi connectivity index (χ4n) is 1.69. The van der Waals surface area contributed by atoms with Crippen molar-refractivity contribution in [3.63, 3.8) is 0 Å². The third kappa shape index (κ3) is 2.28. The smallest absolute Gasteiger partial charge is 0.328 e. The maximum Gasteiger partial charge on any atom is 0.328 e. The number of aliphatic carboxylic acids is 1. The van der Waals surface area contributed by atoms with Crippen molar-refractivity contribution in [2.24, 2.45) is 0 Å². The Kier molecular flexibility index (Phi) is 3.00. The van der Waals surface area contributed by atoms with Gasteiger partial charge < -0.3 is 5.11 Å². The summed E-state index contributed by atoms with van der Waals surface area (Å²) in [6.07, 6.45) is 13.4. The van der Waals surface area contributed by atoms with Crippen molar-refractivity contribution < 1.29 is 9.90 Å². The number of rotatable bonds is 3. The van der Waals surface area contributed by atoms with E-state index in [1.54, 1.807) is 12.3 Å². The molecular formula is C12H12N2O2. The van der Waals surface area contributed by atoms with E-state index < -0.39 is 5.97 Å². The number of H-pyrrole nitrogens is 1. The summed E-state index contributed by atoms with van der Waals surface area (Å²) in [5, 5.41) is 15.4. The molecule has 2 N–H and O–H groups in total. The highest BCUT2D eigenvalue weighted by molar-refractivity contribution is 5.85. The molecule has 0 spiro atoms. The number of hydrogen-bond donors (Lipinski definition) is 2. The Morgan fingerprint density at radius 2 is 2.44 bits per heavy atom. The molecule has 1 unspecified atom stereocenters. The number of aromatic amines is 1. The second-order valence-corrected chi connectivity index (χ2v) is 3.57. The van der Waals surface area contributed by atoms with Crippen molar-refractivity contribution in [1.82, 2.24) is 10.2 Å². The molecule has 82 valence electrons. The summed E-state index contributed by atoms with van der Waals surface area (Å²) in [6.45, 7) is 0. The predicted molar refractivity (Wildman–Crippen MR) is 60.9 cm³/mol. The Morgan fingerprint density at radius 3 is 3.12 bits per heavy atom. The van der Waals surface area contributed by atoms with Gasteiger partial charge in [0, 0.05) is 23.3 Å². The number of carbonyl (C=O) groups is 1. The van der Waals surface area contributed by atoms with Crippen molar-refractivity contribution >= 4 is 12.0 Å². The van der Waals surface area contributed by atoms with Crippen LogP contribution in [0.1, 0.15) is 23.6 Å². The van der Waals surface area contributed by atoms with Crippen LogP contribution in [0.4, 0.5) is 0 Å². The van der Waals surface area contributed by atoms with E-state index in [1.165, 1.54) is 0 Å². The fourth-order valence-corrected chi connectivity index (χ4v) is 1.69. The molecule has 0 saturated heterocycles. The zero-order valence-corrected chi connectivity index (χ0v) is 8.63. The molecule has 0 fully saturated rings. The Balaban J connectivity index is 2.22. The van der Waals surface area contributed by atoms with Crippen LogP contribution in [0.5, 0.6) is 0 Å². The lowest BCUT2D eigenvalue weighted by Gasteiger charge is -2.11. The van der Waals surface area contributed by atoms with Crippen LogP contribution in [0, 0.1) is 0 Å². The van der Waals surface area contributed by atoms with E-state index in [0.29, 0.717) is 0 Å². The van der Waals surface area contributed by atoms with E-state index in [9.17, 15) is 4.79 Å². The average Bonchev–Trinajstić information content (AvgIpc) is 2.75. The second-order valence-electron chi connectivity index (χ2n) is 3.57. The van der Waals surface area contributed by atoms with Gasteiger partial charge in [-0.05, 0) is 12.5 Å². The largest absolute Gasteiger partial charge is 0.478 e. The summed E-state index contributed by atoms with van der Waals surface area (Å²) in [4.78, 5) is 10.4. The van der Waals surface area contributed by atoms with Gasteiger partial charge in [-0.15, -0.1) is 0 Å². The van der Waals surface area contributed by atoms with Crippen LogP contribution in [-0.2, 0) is 4.79 Å². The van der Waals surface area contributed by atoms with Crippen molar-refractivity contribution in [2.75, 3.05) is 0 Å². The summed E-state index contributed by atoms with van der Waals surface area (Å²) in [7, 11) is 0. The Morgan fingerprint density at radius 1 is 1.56 bits per heavy atom. The quantitative estimate of drug-likeness (QED) is 0.760. The number of carboxylic acids is 1. The van der Waals surface area contributed by atoms with Crippen LogP contribution in [0.2, 0.25) is 0 Å². The standard InChI is InChI=1S/C12H12N2O2/c15-11(16)7-6-10-8-13-14-12(10)9-4-2-1-3-5-9/h1-4,6-9H,5H2,(H,13,14)(H,15,16)/b7-6+. The highest BCUT2D eigenvalue weighted by Crippen LogP contribution is 2.26. The van der Waals surface area contributed by atoms with Gasteiger partial charge in [0.1, 0.15) is 0 Å². The molecule has 1 aromatic heterocycles. The predicted octanol–water partition coefficient (Wildman–Crippen LogP) is 2.11. The molecule has 4 heteroatoms. The van der Waals surface area contributed by atoms with E-state index in [-0.39, 0.29) is 5.92 Å². The minimum absolute atomic E-state index is 0.251. The first-order valence-electron chi connectivity index (χ1n) is 5.05. The van der Waals surface area contributed by atoms with Gasteiger partial charge in [-0.3, -0.25) is 5.10 Å². The van der Waals surface area contributed by atoms with E-state index >= 15 is 0 Å². The molecule has 0 aromatic carbocycles. The normalized spacial score (nSPS) is 19.4. The number of carboxylic acid groups (broad SMARTS) is 1. The van der Waals surface area contributed by atoms with Gasteiger partial charge in [-0.25, -0.2) is 4.79 Å². The zero-order valence-electron chi connectivity index (χ0n) is 8.63. The van der Waals surface area contributed by atoms with Crippen LogP contribution in [0.15, 0.2) is 36.6 Å². The Labute approximate surface area is 93.0 Å². The highest BCUT2D eigenvalue weighted by Gasteiger charge is 2.13. The maximum absolute atomic E-state index is 10.4. The van der Waals surface area contributed by atoms with Gasteiger partial charge in [-0.1, -0.05) is 24.3 Å². The van der Waals surface area contributed by atoms with Crippen molar-refractivity contribution in [1.29, 1.82) is 0 Å². The lowest BCUT2D eigenvalue weighted by Crippen LogP contribution is -1.99. The van der Waals surface area contributed by atoms with Gasteiger partial charge >= 0.3 is 5.97 Å². The third-order valence-electron chi connectivity index (χ3n) is 2.46. The number of allylic oxidation sites excluding steroid dienone is 4. The zero-order chi connectivity index (χ0) is 11.4. The van der Waals surface area contributed by atoms with Gasteiger partial charge in [0.25, 0.3) is 0 Å². The first-order valence-corrected chi connectivity index (χ1v) is 5.05. The molecule has 0 bridgehead atoms. The van der Waals surface area contributed by atoms with Crippen molar-refractivity contribution in [3.05, 3.63) is 47.8 Å². The number of aromatic nitrogens is 2. The third-order valence-corrected chi connectivity index (χ3v) is 2.46. The van der Waals surface area contributed by atoms with Crippen LogP contribution < -0.4 is 0 Å². The molecule has 0 amide bonds. The summed E-state index contributed by atoms with van der Waals surface area (Å²) < 4.78 is 0. The summed E-state index contributed by atoms with van der Waals surface area (Å²) >= 11 is 0. The van der Waals surface area contributed by atoms with Crippen molar-refractivity contribution in [2.45, 2.75) is 12.3 Å². The molecule has 1 atom stereocenters. The molecule has 2 rings (SSSR count). The summed E-state index contributed by atoms with van der Waals surface area (Å²) in [5.74, 6) is -0.702. The number of nitrogens with one attached hydrogen (secondary N) is 1. The minimum Gasteiger partial charge on any atom is -0.478 e. The highest BCUT2D eigenvalue weighted by atomic mass is 16.4. The maximum atomic E-state index is 10.4. The molecule has 1 aliphatic carbocycles. The molecule has 1 heterocycles. The van der Waals surface area contributed by atoms with Gasteiger partial charge in [-0.2, -0.15) is 5.10 Å². The van der Waals surface area contributed by atoms with Gasteiger partial charge in [0.15, 0.2) is 0 Å². The van der Waals surface area contributed by atoms with Crippen LogP contribution >= 0.6 is 0 Å². The van der Waals surface area contributed by atoms with Gasteiger partial charge in [0.05, 0.1) is 6.20 Å². The lowest BCUT2D eigenvalue weighted by molar-refractivity contribution is -0.131. The Bertz CT molecular complexity index is 469. The Hall–Kier alpha value is -2.10. The van der Waals surface area contributed by atoms with Crippen LogP contribution in [0.25, 0.3) is 6.08 Å². The SMILES string of the molecule is O=C(O)/C=C/c1cn[nH]c1C1C=CC=CC1. The monoisotopic (exact) mass is 216 g/mol. The molecule has 16 heavy (non-hydrogen) atoms. The van der Waals surface area contributed by atoms with Crippen LogP contribution in [0.3, 0.4) is 0 Å². The molecule has 4 nitrogen and oxygen atoms in total. The van der Waals surface area contributed by atoms with Gasteiger partial charge in [0.2, 0.25) is 0 Å².